The van der Waals surface area contributed by atoms with Crippen molar-refractivity contribution < 1.29 is 28.7 Å². The number of benzene rings is 3. The summed E-state index contributed by atoms with van der Waals surface area (Å²) >= 11 is 9.82. The molecule has 0 saturated heterocycles. The number of aryl methyl sites for hydroxylation is 1. The van der Waals surface area contributed by atoms with Gasteiger partial charge in [-0.25, -0.2) is 9.59 Å². The number of halogens is 2. The number of amides is 3. The molecule has 0 aliphatic carbocycles. The molecule has 0 radical (unpaired) electrons. The Kier molecular flexibility index (Phi) is 11.2. The van der Waals surface area contributed by atoms with E-state index in [0.29, 0.717) is 44.4 Å². The smallest absolute Gasteiger partial charge is 0.337 e. The highest BCUT2D eigenvalue weighted by Crippen LogP contribution is 2.29. The van der Waals surface area contributed by atoms with Crippen LogP contribution in [0.3, 0.4) is 0 Å². The molecule has 1 aliphatic rings. The Bertz CT molecular complexity index is 1840. The van der Waals surface area contributed by atoms with E-state index in [1.807, 2.05) is 6.07 Å². The lowest BCUT2D eigenvalue weighted by Gasteiger charge is -2.27. The van der Waals surface area contributed by atoms with Crippen molar-refractivity contribution in [2.24, 2.45) is 0 Å². The first-order valence-corrected chi connectivity index (χ1v) is 16.1. The number of aromatic nitrogens is 3. The van der Waals surface area contributed by atoms with Crippen molar-refractivity contribution in [2.75, 3.05) is 7.11 Å². The lowest BCUT2D eigenvalue weighted by atomic mass is 9.95. The highest BCUT2D eigenvalue weighted by atomic mass is 79.9. The summed E-state index contributed by atoms with van der Waals surface area (Å²) < 4.78 is 13.2. The fourth-order valence-corrected chi connectivity index (χ4v) is 5.70. The third-order valence-corrected chi connectivity index (χ3v) is 8.47. The van der Waals surface area contributed by atoms with Gasteiger partial charge in [0.05, 0.1) is 37.5 Å². The molecule has 1 aliphatic heterocycles. The molecule has 0 saturated carbocycles. The van der Waals surface area contributed by atoms with Crippen molar-refractivity contribution >= 4 is 51.2 Å². The van der Waals surface area contributed by atoms with Gasteiger partial charge >= 0.3 is 12.0 Å². The number of allylic oxidation sites excluding steroid dienone is 1. The molecule has 3 N–H and O–H groups in total. The second-order valence-corrected chi connectivity index (χ2v) is 12.2. The fourth-order valence-electron chi connectivity index (χ4n) is 5.17. The van der Waals surface area contributed by atoms with Gasteiger partial charge in [0.2, 0.25) is 5.91 Å². The lowest BCUT2D eigenvalue weighted by Crippen LogP contribution is -2.45. The van der Waals surface area contributed by atoms with Crippen LogP contribution in [-0.2, 0) is 27.5 Å². The number of carbonyl (C=O) groups is 4. The van der Waals surface area contributed by atoms with Gasteiger partial charge in [0.1, 0.15) is 18.1 Å². The summed E-state index contributed by atoms with van der Waals surface area (Å²) in [6.45, 7) is 2.01. The number of ketones is 1. The van der Waals surface area contributed by atoms with Gasteiger partial charge in [0, 0.05) is 33.6 Å². The fraction of sp³-hybridized carbons (Fsp3) is 0.235. The number of nitrogens with one attached hydrogen (secondary N) is 3. The summed E-state index contributed by atoms with van der Waals surface area (Å²) in [5.41, 5.74) is 3.14. The first-order chi connectivity index (χ1) is 23.1. The van der Waals surface area contributed by atoms with Crippen LogP contribution in [0.25, 0.3) is 0 Å². The van der Waals surface area contributed by atoms with Crippen LogP contribution < -0.4 is 20.7 Å². The Morgan fingerprint density at radius 1 is 1.06 bits per heavy atom. The molecule has 2 heterocycles. The lowest BCUT2D eigenvalue weighted by molar-refractivity contribution is -0.136. The minimum Gasteiger partial charge on any atom is -0.487 e. The third kappa shape index (κ3) is 8.66. The van der Waals surface area contributed by atoms with E-state index in [2.05, 4.69) is 42.2 Å². The van der Waals surface area contributed by atoms with Crippen LogP contribution in [0.15, 0.2) is 94.7 Å². The van der Waals surface area contributed by atoms with E-state index in [1.165, 1.54) is 7.11 Å². The summed E-state index contributed by atoms with van der Waals surface area (Å²) in [5, 5.41) is 17.0. The second kappa shape index (κ2) is 15.7. The largest absolute Gasteiger partial charge is 0.487 e. The summed E-state index contributed by atoms with van der Waals surface area (Å²) in [5.74, 6) is -0.406. The molecule has 1 aromatic heterocycles. The van der Waals surface area contributed by atoms with E-state index < -0.39 is 24.1 Å². The predicted octanol–water partition coefficient (Wildman–Crippen LogP) is 5.59. The Morgan fingerprint density at radius 2 is 1.79 bits per heavy atom. The summed E-state index contributed by atoms with van der Waals surface area (Å²) in [7, 11) is 1.28. The number of urea groups is 1. The average molecular weight is 736 g/mol. The predicted molar refractivity (Wildman–Crippen MR) is 180 cm³/mol. The molecule has 0 bridgehead atoms. The zero-order valence-electron chi connectivity index (χ0n) is 26.0. The number of methoxy groups -OCH3 is 1. The molecule has 0 spiro atoms. The maximum absolute atomic E-state index is 13.1. The van der Waals surface area contributed by atoms with Gasteiger partial charge in [-0.3, -0.25) is 14.3 Å². The molecule has 2 unspecified atom stereocenters. The summed E-state index contributed by atoms with van der Waals surface area (Å²) in [6.07, 6.45) is 1.82. The zero-order chi connectivity index (χ0) is 34.2. The van der Waals surface area contributed by atoms with Gasteiger partial charge < -0.3 is 25.4 Å². The van der Waals surface area contributed by atoms with Gasteiger partial charge in [-0.15, -0.1) is 5.10 Å². The molecular formula is C34H32BrClN6O6. The molecular weight excluding hydrogens is 704 g/mol. The molecule has 248 valence electrons. The highest BCUT2D eigenvalue weighted by molar-refractivity contribution is 9.10. The normalized spacial score (nSPS) is 14.8. The number of ether oxygens (including phenoxy) is 2. The Hall–Kier alpha value is -5.01. The van der Waals surface area contributed by atoms with E-state index in [0.717, 1.165) is 4.47 Å². The van der Waals surface area contributed by atoms with Gasteiger partial charge in [0.15, 0.2) is 5.78 Å². The monoisotopic (exact) mass is 734 g/mol. The quantitative estimate of drug-likeness (QED) is 0.119. The van der Waals surface area contributed by atoms with Crippen LogP contribution >= 0.6 is 27.5 Å². The maximum Gasteiger partial charge on any atom is 0.337 e. The summed E-state index contributed by atoms with van der Waals surface area (Å²) in [6, 6.07) is 19.4. The van der Waals surface area contributed by atoms with Crippen molar-refractivity contribution in [3.63, 3.8) is 0 Å². The van der Waals surface area contributed by atoms with Crippen LogP contribution in [0.1, 0.15) is 59.0 Å². The van der Waals surface area contributed by atoms with Crippen LogP contribution in [0.4, 0.5) is 4.79 Å². The number of Topliss-reactive ketones (excluding diaryl/α,β-unsaturated/α-hetero) is 1. The number of carbonyl (C=O) groups excluding carboxylic acids is 4. The van der Waals surface area contributed by atoms with Gasteiger partial charge in [-0.2, -0.15) is 0 Å². The molecule has 12 nitrogen and oxygen atoms in total. The molecule has 3 amide bonds. The first-order valence-electron chi connectivity index (χ1n) is 14.9. The second-order valence-electron chi connectivity index (χ2n) is 10.9. The molecule has 3 aromatic carbocycles. The number of hydrogen-bond acceptors (Lipinski definition) is 8. The maximum atomic E-state index is 13.1. The Balaban J connectivity index is 1.15. The molecule has 14 heteroatoms. The van der Waals surface area contributed by atoms with E-state index in [1.54, 1.807) is 84.5 Å². The first kappa shape index (κ1) is 34.3. The van der Waals surface area contributed by atoms with Crippen LogP contribution in [0.5, 0.6) is 5.75 Å². The molecule has 2 atom stereocenters. The SMILES string of the molecule is COC(=O)C1=C(C)NC(=O)NC1c1ccc(OCc2cn(CCC(=O)NC(CC(=O)c3ccc(Br)cc3)c3ccccc3Cl)nn2)cc1. The minimum atomic E-state index is -0.677. The average Bonchev–Trinajstić information content (AvgIpc) is 3.54. The zero-order valence-corrected chi connectivity index (χ0v) is 28.4. The van der Waals surface area contributed by atoms with E-state index in [4.69, 9.17) is 21.1 Å². The molecule has 0 fully saturated rings. The Labute approximate surface area is 290 Å². The van der Waals surface area contributed by atoms with Gasteiger partial charge in [0.25, 0.3) is 0 Å². The molecule has 5 rings (SSSR count). The van der Waals surface area contributed by atoms with Crippen molar-refractivity contribution in [1.82, 2.24) is 30.9 Å². The van der Waals surface area contributed by atoms with E-state index in [9.17, 15) is 19.2 Å². The van der Waals surface area contributed by atoms with Crippen LogP contribution in [0.2, 0.25) is 5.02 Å². The minimum absolute atomic E-state index is 0.0399. The van der Waals surface area contributed by atoms with Crippen LogP contribution in [0, 0.1) is 0 Å². The van der Waals surface area contributed by atoms with Crippen molar-refractivity contribution in [3.8, 4) is 5.75 Å². The highest BCUT2D eigenvalue weighted by Gasteiger charge is 2.31. The number of nitrogens with zero attached hydrogens (tertiary/aromatic N) is 3. The molecule has 48 heavy (non-hydrogen) atoms. The Morgan fingerprint density at radius 3 is 2.50 bits per heavy atom. The number of rotatable bonds is 13. The van der Waals surface area contributed by atoms with E-state index >= 15 is 0 Å². The van der Waals surface area contributed by atoms with E-state index in [-0.39, 0.29) is 37.7 Å². The summed E-state index contributed by atoms with van der Waals surface area (Å²) in [4.78, 5) is 50.5. The number of esters is 1. The van der Waals surface area contributed by atoms with Crippen LogP contribution in [-0.4, -0.2) is 45.8 Å². The standard InChI is InChI=1S/C34H32BrClN6O6/c1-20-31(33(45)47-2)32(39-34(46)37-20)22-9-13-25(14-10-22)48-19-24-18-42(41-40-24)16-15-30(44)38-28(26-5-3-4-6-27(26)36)17-29(43)21-7-11-23(35)12-8-21/h3-14,18,28,32H,15-17,19H2,1-2H3,(H,38,44)(H2,37,39,46). The van der Waals surface area contributed by atoms with Gasteiger partial charge in [-0.05, 0) is 48.4 Å². The number of hydrogen-bond donors (Lipinski definition) is 3. The topological polar surface area (TPSA) is 154 Å². The van der Waals surface area contributed by atoms with Crippen molar-refractivity contribution in [1.29, 1.82) is 0 Å². The third-order valence-electron chi connectivity index (χ3n) is 7.60. The van der Waals surface area contributed by atoms with Gasteiger partial charge in [-0.1, -0.05) is 75.2 Å². The molecule has 4 aromatic rings. The van der Waals surface area contributed by atoms with Crippen molar-refractivity contribution in [2.45, 2.75) is 45.0 Å². The van der Waals surface area contributed by atoms with Crippen molar-refractivity contribution in [3.05, 3.63) is 122 Å².